The fourth-order valence-corrected chi connectivity index (χ4v) is 8.86. The second kappa shape index (κ2) is 8.43. The van der Waals surface area contributed by atoms with Gasteiger partial charge in [-0.25, -0.2) is 0 Å². The van der Waals surface area contributed by atoms with Crippen molar-refractivity contribution in [1.82, 2.24) is 0 Å². The topological polar surface area (TPSA) is 98.0 Å². The Morgan fingerprint density at radius 3 is 2.36 bits per heavy atom. The number of carbonyl (C=O) groups is 1. The van der Waals surface area contributed by atoms with E-state index in [2.05, 4.69) is 34.6 Å². The number of hydrogen-bond acceptors (Lipinski definition) is 5. The fourth-order valence-electron chi connectivity index (χ4n) is 8.86. The zero-order chi connectivity index (χ0) is 24.5. The first-order valence-corrected chi connectivity index (χ1v) is 13.3. The molecule has 0 aromatic rings. The van der Waals surface area contributed by atoms with Crippen molar-refractivity contribution in [2.75, 3.05) is 0 Å². The number of ketones is 1. The van der Waals surface area contributed by atoms with E-state index in [-0.39, 0.29) is 11.3 Å². The summed E-state index contributed by atoms with van der Waals surface area (Å²) < 4.78 is 0. The highest BCUT2D eigenvalue weighted by atomic mass is 16.3. The van der Waals surface area contributed by atoms with Crippen molar-refractivity contribution >= 4 is 5.78 Å². The molecule has 4 aliphatic rings. The molecular formula is C28H46O5. The molecule has 0 unspecified atom stereocenters. The number of Topliss-reactive ketones (excluding diaryl/α,β-unsaturated/α-hetero) is 1. The van der Waals surface area contributed by atoms with Gasteiger partial charge >= 0.3 is 0 Å². The van der Waals surface area contributed by atoms with Crippen LogP contribution in [0, 0.1) is 52.3 Å². The average molecular weight is 463 g/mol. The third-order valence-corrected chi connectivity index (χ3v) is 11.2. The van der Waals surface area contributed by atoms with E-state index in [9.17, 15) is 25.2 Å². The summed E-state index contributed by atoms with van der Waals surface area (Å²) >= 11 is 0. The van der Waals surface area contributed by atoms with Gasteiger partial charge in [-0.3, -0.25) is 4.79 Å². The van der Waals surface area contributed by atoms with Gasteiger partial charge in [0.05, 0.1) is 17.6 Å². The summed E-state index contributed by atoms with van der Waals surface area (Å²) in [6.45, 7) is 13.3. The van der Waals surface area contributed by atoms with Crippen LogP contribution in [0.4, 0.5) is 0 Å². The van der Waals surface area contributed by atoms with Crippen molar-refractivity contribution in [2.24, 2.45) is 52.3 Å². The molecule has 5 nitrogen and oxygen atoms in total. The Hall–Kier alpha value is -0.750. The third-order valence-electron chi connectivity index (χ3n) is 11.2. The normalized spacial score (nSPS) is 51.1. The van der Waals surface area contributed by atoms with E-state index >= 15 is 0 Å². The first-order valence-electron chi connectivity index (χ1n) is 13.3. The Balaban J connectivity index is 1.63. The van der Waals surface area contributed by atoms with Crippen LogP contribution in [0.3, 0.4) is 0 Å². The molecule has 0 aliphatic heterocycles. The van der Waals surface area contributed by atoms with Crippen LogP contribution in [0.1, 0.15) is 80.1 Å². The molecule has 3 saturated carbocycles. The lowest BCUT2D eigenvalue weighted by Gasteiger charge is -2.64. The molecule has 0 bridgehead atoms. The van der Waals surface area contributed by atoms with E-state index in [0.717, 1.165) is 12.8 Å². The van der Waals surface area contributed by atoms with Gasteiger partial charge in [0.2, 0.25) is 0 Å². The van der Waals surface area contributed by atoms with Gasteiger partial charge in [-0.1, -0.05) is 53.5 Å². The monoisotopic (exact) mass is 462 g/mol. The van der Waals surface area contributed by atoms with Gasteiger partial charge in [0.15, 0.2) is 5.78 Å². The second-order valence-electron chi connectivity index (χ2n) is 13.0. The predicted octanol–water partition coefficient (Wildman–Crippen LogP) is 3.73. The summed E-state index contributed by atoms with van der Waals surface area (Å²) in [6.07, 6.45) is 5.11. The van der Waals surface area contributed by atoms with E-state index in [1.807, 2.05) is 0 Å². The molecule has 3 fully saturated rings. The van der Waals surface area contributed by atoms with Crippen LogP contribution in [-0.2, 0) is 4.79 Å². The summed E-state index contributed by atoms with van der Waals surface area (Å²) in [5, 5.41) is 44.5. The maximum atomic E-state index is 13.3. The van der Waals surface area contributed by atoms with Gasteiger partial charge in [0, 0.05) is 5.92 Å². The fraction of sp³-hybridized carbons (Fsp3) is 0.893. The number of carbonyl (C=O) groups excluding carboxylic acids is 1. The van der Waals surface area contributed by atoms with Crippen molar-refractivity contribution in [3.8, 4) is 0 Å². The second-order valence-corrected chi connectivity index (χ2v) is 13.0. The Labute approximate surface area is 199 Å². The molecule has 0 aromatic carbocycles. The molecule has 188 valence electrons. The largest absolute Gasteiger partial charge is 0.393 e. The number of aliphatic hydroxyl groups is 4. The van der Waals surface area contributed by atoms with Crippen LogP contribution in [0.2, 0.25) is 0 Å². The van der Waals surface area contributed by atoms with Crippen LogP contribution < -0.4 is 0 Å². The van der Waals surface area contributed by atoms with Crippen LogP contribution in [-0.4, -0.2) is 50.1 Å². The summed E-state index contributed by atoms with van der Waals surface area (Å²) in [6, 6.07) is 0. The molecule has 12 atom stereocenters. The highest BCUT2D eigenvalue weighted by Crippen LogP contribution is 2.68. The molecule has 0 spiro atoms. The number of fused-ring (bicyclic) bond motifs is 5. The van der Waals surface area contributed by atoms with E-state index < -0.39 is 41.0 Å². The van der Waals surface area contributed by atoms with Crippen molar-refractivity contribution in [1.29, 1.82) is 0 Å². The van der Waals surface area contributed by atoms with Gasteiger partial charge in [0.1, 0.15) is 11.7 Å². The van der Waals surface area contributed by atoms with E-state index in [1.165, 1.54) is 25.0 Å². The number of aliphatic hydroxyl groups excluding tert-OH is 3. The molecular weight excluding hydrogens is 416 g/mol. The van der Waals surface area contributed by atoms with Gasteiger partial charge in [0.25, 0.3) is 0 Å². The first-order chi connectivity index (χ1) is 15.3. The Kier molecular flexibility index (Phi) is 6.47. The minimum Gasteiger partial charge on any atom is -0.393 e. The third kappa shape index (κ3) is 3.51. The quantitative estimate of drug-likeness (QED) is 0.467. The molecule has 4 N–H and O–H groups in total. The SMILES string of the molecule is CC(C)[C@@H](C)CC[C@@H](C)[C@H]1CC[C@H]2[C@@H]3C[C@@H](O)[C@]4(O)C=C[C@@H](O)C(=O)[C@]4(C)[C@H]3[C@H](O)C[C@]12C. The smallest absolute Gasteiger partial charge is 0.174 e. The van der Waals surface area contributed by atoms with Crippen molar-refractivity contribution < 1.29 is 25.2 Å². The summed E-state index contributed by atoms with van der Waals surface area (Å²) in [5.74, 6) is 1.76. The van der Waals surface area contributed by atoms with Crippen molar-refractivity contribution in [3.63, 3.8) is 0 Å². The van der Waals surface area contributed by atoms with E-state index in [1.54, 1.807) is 6.92 Å². The summed E-state index contributed by atoms with van der Waals surface area (Å²) in [4.78, 5) is 13.3. The first kappa shape index (κ1) is 25.3. The van der Waals surface area contributed by atoms with E-state index in [0.29, 0.717) is 42.4 Å². The Morgan fingerprint density at radius 2 is 1.73 bits per heavy atom. The van der Waals surface area contributed by atoms with Crippen molar-refractivity contribution in [3.05, 3.63) is 12.2 Å². The predicted molar refractivity (Wildman–Crippen MR) is 128 cm³/mol. The summed E-state index contributed by atoms with van der Waals surface area (Å²) in [7, 11) is 0. The highest BCUT2D eigenvalue weighted by Gasteiger charge is 2.71. The van der Waals surface area contributed by atoms with E-state index in [4.69, 9.17) is 0 Å². The van der Waals surface area contributed by atoms with Gasteiger partial charge in [-0.15, -0.1) is 0 Å². The van der Waals surface area contributed by atoms with Crippen LogP contribution in [0.5, 0.6) is 0 Å². The molecule has 4 aliphatic carbocycles. The minimum absolute atomic E-state index is 0.0429. The number of hydrogen-bond donors (Lipinski definition) is 4. The Morgan fingerprint density at radius 1 is 1.06 bits per heavy atom. The van der Waals surface area contributed by atoms with Gasteiger partial charge < -0.3 is 20.4 Å². The van der Waals surface area contributed by atoms with Crippen molar-refractivity contribution in [2.45, 2.75) is 104 Å². The molecule has 5 heteroatoms. The molecule has 0 radical (unpaired) electrons. The van der Waals surface area contributed by atoms with Gasteiger partial charge in [-0.2, -0.15) is 0 Å². The average Bonchev–Trinajstić information content (AvgIpc) is 3.08. The van der Waals surface area contributed by atoms with Crippen LogP contribution in [0.15, 0.2) is 12.2 Å². The molecule has 0 heterocycles. The molecule has 0 aromatic heterocycles. The molecule has 0 saturated heterocycles. The lowest BCUT2D eigenvalue weighted by molar-refractivity contribution is -0.241. The lowest BCUT2D eigenvalue weighted by atomic mass is 9.42. The Bertz CT molecular complexity index is 793. The lowest BCUT2D eigenvalue weighted by Crippen LogP contribution is -2.73. The number of rotatable bonds is 5. The molecule has 4 rings (SSSR count). The maximum absolute atomic E-state index is 13.3. The highest BCUT2D eigenvalue weighted by molar-refractivity contribution is 5.93. The minimum atomic E-state index is -1.75. The van der Waals surface area contributed by atoms with Crippen LogP contribution in [0.25, 0.3) is 0 Å². The summed E-state index contributed by atoms with van der Waals surface area (Å²) in [5.41, 5.74) is -3.20. The standard InChI is InChI=1S/C28H46O5/c1-15(2)16(3)7-8-17(4)19-9-10-20-18-13-23(31)28(33)12-11-21(29)25(32)27(28,6)24(18)22(30)14-26(19,20)5/h11-12,15-24,29-31,33H,7-10,13-14H2,1-6H3/t16-,17+,18-,19+,20-,21+,22+,23+,24+,26+,27-,28+/m0/s1. The zero-order valence-corrected chi connectivity index (χ0v) is 21.4. The van der Waals surface area contributed by atoms with Crippen LogP contribution >= 0.6 is 0 Å². The van der Waals surface area contributed by atoms with Gasteiger partial charge in [-0.05, 0) is 79.6 Å². The molecule has 0 amide bonds. The molecule has 33 heavy (non-hydrogen) atoms. The zero-order valence-electron chi connectivity index (χ0n) is 21.4. The maximum Gasteiger partial charge on any atom is 0.174 e.